The summed E-state index contributed by atoms with van der Waals surface area (Å²) in [7, 11) is 2.10. The van der Waals surface area contributed by atoms with Crippen LogP contribution >= 0.6 is 0 Å². The highest BCUT2D eigenvalue weighted by Gasteiger charge is 2.19. The fraction of sp³-hybridized carbons (Fsp3) is 0.625. The summed E-state index contributed by atoms with van der Waals surface area (Å²) in [6.45, 7) is 5.04. The van der Waals surface area contributed by atoms with Crippen molar-refractivity contribution in [2.45, 2.75) is 12.2 Å². The van der Waals surface area contributed by atoms with E-state index >= 15 is 0 Å². The SMILES string of the molecule is CN1CCO[C@H](CNC[C@H](O)c2ccc3c(c2)OCCO3)C1. The van der Waals surface area contributed by atoms with E-state index in [0.29, 0.717) is 25.5 Å². The van der Waals surface area contributed by atoms with Gasteiger partial charge in [0.05, 0.1) is 18.8 Å². The first-order valence-corrected chi connectivity index (χ1v) is 7.81. The number of hydrogen-bond acceptors (Lipinski definition) is 6. The van der Waals surface area contributed by atoms with E-state index in [2.05, 4.69) is 17.3 Å². The molecule has 3 rings (SSSR count). The first-order valence-electron chi connectivity index (χ1n) is 7.81. The molecule has 122 valence electrons. The first kappa shape index (κ1) is 15.6. The highest BCUT2D eigenvalue weighted by molar-refractivity contribution is 5.44. The average molecular weight is 308 g/mol. The summed E-state index contributed by atoms with van der Waals surface area (Å²) in [6.07, 6.45) is -0.386. The Labute approximate surface area is 131 Å². The van der Waals surface area contributed by atoms with Crippen molar-refractivity contribution in [1.82, 2.24) is 10.2 Å². The number of aliphatic hydroxyl groups is 1. The molecule has 22 heavy (non-hydrogen) atoms. The lowest BCUT2D eigenvalue weighted by Gasteiger charge is -2.30. The van der Waals surface area contributed by atoms with Gasteiger partial charge >= 0.3 is 0 Å². The first-order chi connectivity index (χ1) is 10.7. The zero-order valence-electron chi connectivity index (χ0n) is 13.0. The van der Waals surface area contributed by atoms with Gasteiger partial charge in [-0.3, -0.25) is 0 Å². The molecule has 6 heteroatoms. The van der Waals surface area contributed by atoms with Gasteiger partial charge in [-0.15, -0.1) is 0 Å². The van der Waals surface area contributed by atoms with Crippen molar-refractivity contribution in [3.05, 3.63) is 23.8 Å². The molecule has 0 amide bonds. The zero-order chi connectivity index (χ0) is 15.4. The summed E-state index contributed by atoms with van der Waals surface area (Å²) >= 11 is 0. The Morgan fingerprint density at radius 3 is 2.91 bits per heavy atom. The number of nitrogens with zero attached hydrogens (tertiary/aromatic N) is 1. The van der Waals surface area contributed by atoms with Crippen LogP contribution in [0.15, 0.2) is 18.2 Å². The predicted molar refractivity (Wildman–Crippen MR) is 82.5 cm³/mol. The van der Waals surface area contributed by atoms with Crippen molar-refractivity contribution in [3.63, 3.8) is 0 Å². The van der Waals surface area contributed by atoms with E-state index in [4.69, 9.17) is 14.2 Å². The molecule has 2 aliphatic heterocycles. The predicted octanol–water partition coefficient (Wildman–Crippen LogP) is 0.411. The van der Waals surface area contributed by atoms with E-state index in [0.717, 1.165) is 37.6 Å². The molecule has 2 heterocycles. The molecule has 1 aromatic rings. The van der Waals surface area contributed by atoms with Crippen molar-refractivity contribution in [1.29, 1.82) is 0 Å². The van der Waals surface area contributed by atoms with Crippen LogP contribution < -0.4 is 14.8 Å². The van der Waals surface area contributed by atoms with Gasteiger partial charge in [0.15, 0.2) is 11.5 Å². The summed E-state index contributed by atoms with van der Waals surface area (Å²) in [5, 5.41) is 13.6. The molecule has 1 aromatic carbocycles. The van der Waals surface area contributed by atoms with Crippen LogP contribution in [0.4, 0.5) is 0 Å². The zero-order valence-corrected chi connectivity index (χ0v) is 13.0. The number of morpholine rings is 1. The summed E-state index contributed by atoms with van der Waals surface area (Å²) in [4.78, 5) is 2.26. The van der Waals surface area contributed by atoms with E-state index in [9.17, 15) is 5.11 Å². The van der Waals surface area contributed by atoms with E-state index in [-0.39, 0.29) is 6.10 Å². The minimum atomic E-state index is -0.572. The smallest absolute Gasteiger partial charge is 0.161 e. The van der Waals surface area contributed by atoms with Gasteiger partial charge in [0.25, 0.3) is 0 Å². The van der Waals surface area contributed by atoms with Gasteiger partial charge in [-0.1, -0.05) is 6.07 Å². The highest BCUT2D eigenvalue weighted by atomic mass is 16.6. The van der Waals surface area contributed by atoms with Crippen LogP contribution in [0.5, 0.6) is 11.5 Å². The van der Waals surface area contributed by atoms with Gasteiger partial charge < -0.3 is 29.5 Å². The fourth-order valence-corrected chi connectivity index (χ4v) is 2.76. The third-order valence-electron chi connectivity index (χ3n) is 4.00. The molecule has 2 atom stereocenters. The maximum atomic E-state index is 10.3. The summed E-state index contributed by atoms with van der Waals surface area (Å²) in [5.74, 6) is 1.45. The van der Waals surface area contributed by atoms with Crippen molar-refractivity contribution < 1.29 is 19.3 Å². The van der Waals surface area contributed by atoms with Gasteiger partial charge in [0.2, 0.25) is 0 Å². The van der Waals surface area contributed by atoms with Gasteiger partial charge in [-0.25, -0.2) is 0 Å². The van der Waals surface area contributed by atoms with E-state index in [1.54, 1.807) is 0 Å². The lowest BCUT2D eigenvalue weighted by Crippen LogP contribution is -2.45. The van der Waals surface area contributed by atoms with Gasteiger partial charge in [-0.2, -0.15) is 0 Å². The average Bonchev–Trinajstić information content (AvgIpc) is 2.54. The van der Waals surface area contributed by atoms with Crippen LogP contribution in [0.1, 0.15) is 11.7 Å². The Bertz CT molecular complexity index is 497. The molecule has 1 fully saturated rings. The molecule has 6 nitrogen and oxygen atoms in total. The molecule has 1 saturated heterocycles. The number of rotatable bonds is 5. The maximum Gasteiger partial charge on any atom is 0.161 e. The molecular weight excluding hydrogens is 284 g/mol. The molecule has 0 saturated carbocycles. The topological polar surface area (TPSA) is 63.2 Å². The number of ether oxygens (including phenoxy) is 3. The quantitative estimate of drug-likeness (QED) is 0.822. The Hall–Kier alpha value is -1.34. The lowest BCUT2D eigenvalue weighted by atomic mass is 10.1. The largest absolute Gasteiger partial charge is 0.486 e. The monoisotopic (exact) mass is 308 g/mol. The molecule has 0 spiro atoms. The fourth-order valence-electron chi connectivity index (χ4n) is 2.76. The molecule has 0 aliphatic carbocycles. The van der Waals surface area contributed by atoms with Crippen LogP contribution in [-0.2, 0) is 4.74 Å². The molecular formula is C16H24N2O4. The number of nitrogens with one attached hydrogen (secondary N) is 1. The summed E-state index contributed by atoms with van der Waals surface area (Å²) in [5.41, 5.74) is 0.832. The Balaban J connectivity index is 1.48. The van der Waals surface area contributed by atoms with Crippen molar-refractivity contribution >= 4 is 0 Å². The third kappa shape index (κ3) is 3.89. The Morgan fingerprint density at radius 2 is 2.09 bits per heavy atom. The maximum absolute atomic E-state index is 10.3. The van der Waals surface area contributed by atoms with E-state index in [1.807, 2.05) is 18.2 Å². The van der Waals surface area contributed by atoms with Crippen LogP contribution in [0.3, 0.4) is 0 Å². The van der Waals surface area contributed by atoms with Crippen LogP contribution in [0, 0.1) is 0 Å². The number of hydrogen-bond donors (Lipinski definition) is 2. The van der Waals surface area contributed by atoms with Gasteiger partial charge in [0.1, 0.15) is 13.2 Å². The van der Waals surface area contributed by atoms with Gasteiger partial charge in [0, 0.05) is 26.2 Å². The number of likely N-dealkylation sites (N-methyl/N-ethyl adjacent to an activating group) is 1. The summed E-state index contributed by atoms with van der Waals surface area (Å²) < 4.78 is 16.7. The lowest BCUT2D eigenvalue weighted by molar-refractivity contribution is -0.0191. The second-order valence-corrected chi connectivity index (χ2v) is 5.83. The molecule has 0 aromatic heterocycles. The molecule has 2 aliphatic rings. The van der Waals surface area contributed by atoms with E-state index < -0.39 is 6.10 Å². The second kappa shape index (κ2) is 7.28. The number of fused-ring (bicyclic) bond motifs is 1. The second-order valence-electron chi connectivity index (χ2n) is 5.83. The number of aliphatic hydroxyl groups excluding tert-OH is 1. The van der Waals surface area contributed by atoms with Gasteiger partial charge in [-0.05, 0) is 24.7 Å². The molecule has 0 bridgehead atoms. The Kier molecular flexibility index (Phi) is 5.15. The molecule has 2 N–H and O–H groups in total. The van der Waals surface area contributed by atoms with Crippen LogP contribution in [0.2, 0.25) is 0 Å². The van der Waals surface area contributed by atoms with Crippen LogP contribution in [-0.4, -0.2) is 69.2 Å². The summed E-state index contributed by atoms with van der Waals surface area (Å²) in [6, 6.07) is 5.59. The normalized spacial score (nSPS) is 23.3. The highest BCUT2D eigenvalue weighted by Crippen LogP contribution is 2.32. The van der Waals surface area contributed by atoms with Crippen LogP contribution in [0.25, 0.3) is 0 Å². The Morgan fingerprint density at radius 1 is 1.27 bits per heavy atom. The number of benzene rings is 1. The standard InChI is InChI=1S/C16H24N2O4/c1-18-4-5-20-13(11-18)9-17-10-14(19)12-2-3-15-16(8-12)22-7-6-21-15/h2-3,8,13-14,17,19H,4-7,9-11H2,1H3/t13-,14+/m1/s1. The van der Waals surface area contributed by atoms with E-state index in [1.165, 1.54) is 0 Å². The molecule has 0 unspecified atom stereocenters. The van der Waals surface area contributed by atoms with Crippen molar-refractivity contribution in [2.24, 2.45) is 0 Å². The minimum Gasteiger partial charge on any atom is -0.486 e. The molecule has 0 radical (unpaired) electrons. The van der Waals surface area contributed by atoms with Crippen molar-refractivity contribution in [2.75, 3.05) is 53.0 Å². The third-order valence-corrected chi connectivity index (χ3v) is 4.00. The minimum absolute atomic E-state index is 0.186. The van der Waals surface area contributed by atoms with Crippen molar-refractivity contribution in [3.8, 4) is 11.5 Å².